The van der Waals surface area contributed by atoms with E-state index in [1.54, 1.807) is 18.7 Å². The molecule has 3 saturated heterocycles. The van der Waals surface area contributed by atoms with E-state index in [1.807, 2.05) is 20.8 Å². The summed E-state index contributed by atoms with van der Waals surface area (Å²) in [6.07, 6.45) is 8.00. The van der Waals surface area contributed by atoms with Crippen LogP contribution < -0.4 is 16.0 Å². The highest BCUT2D eigenvalue weighted by molar-refractivity contribution is 6.21. The maximum Gasteiger partial charge on any atom is 0.393 e. The zero-order valence-electron chi connectivity index (χ0n) is 62.8. The van der Waals surface area contributed by atoms with Crippen LogP contribution in [-0.4, -0.2) is 262 Å². The fraction of sp³-hybridized carbons (Fsp3) is 0.838. The zero-order valence-corrected chi connectivity index (χ0v) is 63.5. The predicted molar refractivity (Wildman–Crippen MR) is 379 cm³/mol. The van der Waals surface area contributed by atoms with Crippen LogP contribution in [0.3, 0.4) is 0 Å². The third-order valence-electron chi connectivity index (χ3n) is 23.7. The first kappa shape index (κ1) is 83.0. The Balaban J connectivity index is 1.28. The molecule has 3 aliphatic heterocycles. The number of fused-ring (bicyclic) bond motifs is 1. The van der Waals surface area contributed by atoms with Gasteiger partial charge in [0.15, 0.2) is 0 Å². The van der Waals surface area contributed by atoms with E-state index in [1.165, 1.54) is 76.6 Å². The lowest BCUT2D eigenvalue weighted by atomic mass is 9.78. The standard InChI is InChI=1S/C74H120ClF3N12O12/c1-12-48(5)63-70(100)88(13-2)46-61(93)82(6)45-62(94)85(9)57(42-49-26-17-14-18-27-49)68(98)83(7)44-59(91)79-54(34-32-50-31-33-52(53(75)41-50)74(76,77)78)67(97)90-39-25-30-55(90)66(96)81-73(35-21-22-36-73)72(102)87(11)64(51-28-19-15-20-29-51)71(101)86(10)58(69(99)89-37-23-16-24-38-89)43-60(92)84(8)56(40-47(3)4)65(95)80-63/h47-58,63-64H,12-46H2,1-11H3,(H,79,91)(H,80,95)(H,81,96)/t48-,50?,52?,53?,54-,55-,56-,57-,58-,63-,64-/m0/s1. The maximum absolute atomic E-state index is 15.9. The number of likely N-dealkylation sites (tertiary alicyclic amines) is 1. The monoisotopic (exact) mass is 1460 g/mol. The molecule has 28 heteroatoms. The number of likely N-dealkylation sites (N-methyl/N-ethyl adjacent to an activating group) is 7. The topological polar surface area (TPSA) is 270 Å². The van der Waals surface area contributed by atoms with Gasteiger partial charge in [-0.25, -0.2) is 0 Å². The zero-order chi connectivity index (χ0) is 75.1. The summed E-state index contributed by atoms with van der Waals surface area (Å²) in [5, 5.41) is 7.69. The molecule has 576 valence electrons. The number of piperidine rings is 1. The van der Waals surface area contributed by atoms with E-state index >= 15 is 28.8 Å². The van der Waals surface area contributed by atoms with E-state index < -0.39 is 174 Å². The Morgan fingerprint density at radius 1 is 0.588 bits per heavy atom. The van der Waals surface area contributed by atoms with Crippen molar-refractivity contribution >= 4 is 82.5 Å². The van der Waals surface area contributed by atoms with Gasteiger partial charge in [-0.15, -0.1) is 11.6 Å². The van der Waals surface area contributed by atoms with E-state index in [0.717, 1.165) is 62.7 Å². The molecule has 1 spiro atoms. The van der Waals surface area contributed by atoms with Crippen molar-refractivity contribution in [1.29, 1.82) is 0 Å². The highest BCUT2D eigenvalue weighted by atomic mass is 35.5. The normalized spacial score (nSPS) is 29.8. The van der Waals surface area contributed by atoms with Crippen LogP contribution in [0.4, 0.5) is 13.2 Å². The van der Waals surface area contributed by atoms with Crippen LogP contribution in [0.2, 0.25) is 0 Å². The number of alkyl halides is 4. The van der Waals surface area contributed by atoms with Gasteiger partial charge in [0.05, 0.1) is 32.0 Å². The molecule has 0 radical (unpaired) electrons. The van der Waals surface area contributed by atoms with Gasteiger partial charge in [0, 0.05) is 73.8 Å². The van der Waals surface area contributed by atoms with Crippen LogP contribution in [0.1, 0.15) is 214 Å². The first-order chi connectivity index (χ1) is 48.2. The van der Waals surface area contributed by atoms with Crippen LogP contribution in [0.5, 0.6) is 0 Å². The largest absolute Gasteiger partial charge is 0.393 e. The van der Waals surface area contributed by atoms with Crippen LogP contribution in [-0.2, 0) is 57.5 Å². The van der Waals surface area contributed by atoms with Crippen LogP contribution >= 0.6 is 11.6 Å². The molecule has 3 N–H and O–H groups in total. The van der Waals surface area contributed by atoms with Crippen molar-refractivity contribution in [3.63, 3.8) is 0 Å². The van der Waals surface area contributed by atoms with Crippen LogP contribution in [0.25, 0.3) is 0 Å². The molecule has 102 heavy (non-hydrogen) atoms. The maximum atomic E-state index is 15.9. The first-order valence-corrected chi connectivity index (χ1v) is 38.7. The molecular formula is C74H120ClF3N12O12. The van der Waals surface area contributed by atoms with Crippen molar-refractivity contribution in [2.45, 2.75) is 274 Å². The minimum atomic E-state index is -4.51. The summed E-state index contributed by atoms with van der Waals surface area (Å²) in [6.45, 7) is 8.36. The number of carbonyl (C=O) groups excluding carboxylic acids is 12. The van der Waals surface area contributed by atoms with Crippen molar-refractivity contribution in [1.82, 2.24) is 60.0 Å². The molecule has 4 aliphatic carbocycles. The second kappa shape index (κ2) is 37.6. The predicted octanol–water partition coefficient (Wildman–Crippen LogP) is 6.87. The summed E-state index contributed by atoms with van der Waals surface area (Å²) in [5.41, 5.74) is -1.55. The van der Waals surface area contributed by atoms with Gasteiger partial charge in [0.1, 0.15) is 47.8 Å². The second-order valence-electron chi connectivity index (χ2n) is 31.4. The molecule has 7 rings (SSSR count). The molecule has 7 fully saturated rings. The number of amides is 12. The van der Waals surface area contributed by atoms with Gasteiger partial charge in [-0.05, 0) is 139 Å². The Bertz CT molecular complexity index is 2940. The quantitative estimate of drug-likeness (QED) is 0.169. The summed E-state index contributed by atoms with van der Waals surface area (Å²) in [5.74, 6) is -10.4. The Hall–Kier alpha value is -6.28. The van der Waals surface area contributed by atoms with Crippen LogP contribution in [0, 0.1) is 35.5 Å². The summed E-state index contributed by atoms with van der Waals surface area (Å²) in [7, 11) is 8.74. The van der Waals surface area contributed by atoms with Crippen molar-refractivity contribution in [3.05, 3.63) is 0 Å². The van der Waals surface area contributed by atoms with Gasteiger partial charge in [0.25, 0.3) is 0 Å². The number of nitrogens with zero attached hydrogens (tertiary/aromatic N) is 9. The molecule has 7 aliphatic rings. The molecule has 0 bridgehead atoms. The molecular weight excluding hydrogens is 1340 g/mol. The molecule has 11 atom stereocenters. The summed E-state index contributed by atoms with van der Waals surface area (Å²) in [4.78, 5) is 192. The van der Waals surface area contributed by atoms with Gasteiger partial charge in [0.2, 0.25) is 70.9 Å². The molecule has 4 saturated carbocycles. The Morgan fingerprint density at radius 2 is 1.21 bits per heavy atom. The molecule has 0 aromatic rings. The SMILES string of the molecule is CC[C@H](C)[C@@H]1NC(=O)[C@H](CC(C)C)N(C)C(=O)C[C@@H](C(=O)N2CCCCC2)N(C)C(=O)[C@H](C2CCCCC2)N(C)C(=O)C2(CCCC2)NC(=O)[C@@H]2CCCN2C(=O)[C@H](CCC2CCC(C(F)(F)F)C(Cl)C2)NC(=O)CN(C)C(=O)[C@H](CC2CCCCC2)N(C)C(=O)CN(C)C(=O)CN(CC)C1=O. The van der Waals surface area contributed by atoms with Crippen molar-refractivity contribution in [3.8, 4) is 0 Å². The van der Waals surface area contributed by atoms with Gasteiger partial charge in [-0.1, -0.05) is 98.3 Å². The number of rotatable bonds is 12. The summed E-state index contributed by atoms with van der Waals surface area (Å²) in [6, 6.07) is -8.51. The number of hydrogen-bond donors (Lipinski definition) is 3. The molecule has 0 aromatic heterocycles. The fourth-order valence-electron chi connectivity index (χ4n) is 17.0. The summed E-state index contributed by atoms with van der Waals surface area (Å²) >= 11 is 6.42. The first-order valence-electron chi connectivity index (χ1n) is 38.3. The third kappa shape index (κ3) is 21.0. The minimum absolute atomic E-state index is 0.00325. The van der Waals surface area contributed by atoms with Gasteiger partial charge >= 0.3 is 6.18 Å². The second-order valence-corrected chi connectivity index (χ2v) is 32.0. The average Bonchev–Trinajstić information content (AvgIpc) is 1.28. The van der Waals surface area contributed by atoms with E-state index in [0.29, 0.717) is 64.5 Å². The molecule has 3 heterocycles. The molecule has 3 unspecified atom stereocenters. The lowest BCUT2D eigenvalue weighted by Crippen LogP contribution is -2.65. The smallest absolute Gasteiger partial charge is 0.343 e. The van der Waals surface area contributed by atoms with Crippen molar-refractivity contribution in [2.75, 3.05) is 88.1 Å². The van der Waals surface area contributed by atoms with E-state index in [4.69, 9.17) is 11.6 Å². The number of hydrogen-bond acceptors (Lipinski definition) is 12. The van der Waals surface area contributed by atoms with Gasteiger partial charge in [-0.2, -0.15) is 13.2 Å². The minimum Gasteiger partial charge on any atom is -0.343 e. The molecule has 0 aromatic carbocycles. The highest BCUT2D eigenvalue weighted by Gasteiger charge is 2.52. The molecule has 24 nitrogen and oxygen atoms in total. The number of halogens is 4. The highest BCUT2D eigenvalue weighted by Crippen LogP contribution is 2.44. The Morgan fingerprint density at radius 3 is 1.80 bits per heavy atom. The van der Waals surface area contributed by atoms with Gasteiger partial charge < -0.3 is 60.0 Å². The summed E-state index contributed by atoms with van der Waals surface area (Å²) < 4.78 is 42.1. The fourth-order valence-corrected chi connectivity index (χ4v) is 17.5. The van der Waals surface area contributed by atoms with Crippen molar-refractivity contribution in [2.24, 2.45) is 35.5 Å². The average molecular weight is 1460 g/mol. The Kier molecular flexibility index (Phi) is 30.6. The van der Waals surface area contributed by atoms with E-state index in [9.17, 15) is 41.9 Å². The lowest BCUT2D eigenvalue weighted by Gasteiger charge is -2.43. The number of carbonyl (C=O) groups is 12. The lowest BCUT2D eigenvalue weighted by molar-refractivity contribution is -0.182. The number of nitrogens with one attached hydrogen (secondary N) is 3. The van der Waals surface area contributed by atoms with Gasteiger partial charge in [-0.3, -0.25) is 57.5 Å². The van der Waals surface area contributed by atoms with Crippen molar-refractivity contribution < 1.29 is 70.7 Å². The van der Waals surface area contributed by atoms with Crippen LogP contribution in [0.15, 0.2) is 0 Å². The third-order valence-corrected chi connectivity index (χ3v) is 24.2. The molecule has 12 amide bonds. The van der Waals surface area contributed by atoms with E-state index in [-0.39, 0.29) is 95.1 Å². The Labute approximate surface area is 608 Å². The van der Waals surface area contributed by atoms with E-state index in [2.05, 4.69) is 16.0 Å².